The number of methoxy groups -OCH3 is 2. The highest BCUT2D eigenvalue weighted by Crippen LogP contribution is 2.29. The van der Waals surface area contributed by atoms with Crippen LogP contribution in [0.25, 0.3) is 0 Å². The number of rotatable bonds is 8. The first-order valence-corrected chi connectivity index (χ1v) is 13.1. The number of benzene rings is 2. The van der Waals surface area contributed by atoms with Crippen LogP contribution in [0, 0.1) is 12.7 Å². The Balaban J connectivity index is 1.78. The van der Waals surface area contributed by atoms with Gasteiger partial charge < -0.3 is 14.8 Å². The lowest BCUT2D eigenvalue weighted by molar-refractivity contribution is 0.354. The largest absolute Gasteiger partial charge is 0.493 e. The smallest absolute Gasteiger partial charge is 0.186 e. The van der Waals surface area contributed by atoms with Crippen molar-refractivity contribution in [1.29, 1.82) is 0 Å². The molecule has 3 rings (SSSR count). The molecule has 31 heavy (non-hydrogen) atoms. The molecule has 0 aromatic heterocycles. The van der Waals surface area contributed by atoms with Crippen molar-refractivity contribution in [3.63, 3.8) is 0 Å². The molecule has 1 saturated heterocycles. The first-order valence-electron chi connectivity index (χ1n) is 9.72. The van der Waals surface area contributed by atoms with Crippen molar-refractivity contribution >= 4 is 19.7 Å². The molecule has 0 unspecified atom stereocenters. The maximum atomic E-state index is 14.3. The topological polar surface area (TPSA) is 98.8 Å². The van der Waals surface area contributed by atoms with E-state index in [9.17, 15) is 21.2 Å². The number of nitrogens with one attached hydrogen (secondary N) is 1. The summed E-state index contributed by atoms with van der Waals surface area (Å²) in [6.07, 6.45) is 0.516. The van der Waals surface area contributed by atoms with Gasteiger partial charge in [-0.15, -0.1) is 0 Å². The van der Waals surface area contributed by atoms with Crippen LogP contribution in [-0.4, -0.2) is 60.4 Å². The first-order chi connectivity index (χ1) is 14.6. The van der Waals surface area contributed by atoms with Crippen LogP contribution in [0.5, 0.6) is 11.5 Å². The molecule has 10 heteroatoms. The van der Waals surface area contributed by atoms with Crippen LogP contribution in [0.2, 0.25) is 0 Å². The molecule has 1 aliphatic rings. The Labute approximate surface area is 182 Å². The van der Waals surface area contributed by atoms with Gasteiger partial charge in [-0.3, -0.25) is 0 Å². The fraction of sp³-hybridized carbons (Fsp3) is 0.429. The molecule has 7 nitrogen and oxygen atoms in total. The highest BCUT2D eigenvalue weighted by atomic mass is 32.2. The lowest BCUT2D eigenvalue weighted by Crippen LogP contribution is -2.44. The van der Waals surface area contributed by atoms with Gasteiger partial charge in [-0.25, -0.2) is 21.2 Å². The third kappa shape index (κ3) is 5.19. The van der Waals surface area contributed by atoms with Crippen LogP contribution >= 0.6 is 0 Å². The van der Waals surface area contributed by atoms with Crippen molar-refractivity contribution in [2.45, 2.75) is 29.5 Å². The van der Waals surface area contributed by atoms with Crippen LogP contribution in [-0.2, 0) is 26.1 Å². The van der Waals surface area contributed by atoms with Crippen LogP contribution < -0.4 is 14.8 Å². The maximum Gasteiger partial charge on any atom is 0.186 e. The molecule has 0 amide bonds. The highest BCUT2D eigenvalue weighted by Gasteiger charge is 2.46. The molecule has 2 aromatic rings. The molecule has 1 N–H and O–H groups in total. The lowest BCUT2D eigenvalue weighted by Gasteiger charge is -2.20. The minimum atomic E-state index is -4.18. The van der Waals surface area contributed by atoms with E-state index in [-0.39, 0.29) is 5.75 Å². The molecule has 0 saturated carbocycles. The summed E-state index contributed by atoms with van der Waals surface area (Å²) in [5.41, 5.74) is 1.49. The van der Waals surface area contributed by atoms with E-state index in [0.717, 1.165) is 11.6 Å². The Morgan fingerprint density at radius 2 is 1.77 bits per heavy atom. The summed E-state index contributed by atoms with van der Waals surface area (Å²) >= 11 is 0. The summed E-state index contributed by atoms with van der Waals surface area (Å²) in [4.78, 5) is -0.457. The number of ether oxygens (including phenoxy) is 2. The standard InChI is InChI=1S/C21H26FNO6S2/c1-14-4-6-16(22)20(10-14)31(26,27)21-13-30(24,25)12-17(21)23-9-8-15-5-7-18(28-2)19(11-15)29-3/h4-7,10-11,17,21,23H,8-9,12-13H2,1-3H3/t17-,21-/m0/s1. The van der Waals surface area contributed by atoms with Crippen molar-refractivity contribution in [3.8, 4) is 11.5 Å². The third-order valence-electron chi connectivity index (χ3n) is 5.36. The molecule has 2 atom stereocenters. The molecule has 2 aromatic carbocycles. The van der Waals surface area contributed by atoms with Gasteiger partial charge in [0.2, 0.25) is 0 Å². The van der Waals surface area contributed by atoms with Gasteiger partial charge in [0.25, 0.3) is 0 Å². The van der Waals surface area contributed by atoms with Gasteiger partial charge in [0.15, 0.2) is 31.2 Å². The van der Waals surface area contributed by atoms with Crippen molar-refractivity contribution in [2.24, 2.45) is 0 Å². The van der Waals surface area contributed by atoms with Crippen molar-refractivity contribution < 1.29 is 30.7 Å². The van der Waals surface area contributed by atoms with Crippen LogP contribution in [0.1, 0.15) is 11.1 Å². The summed E-state index contributed by atoms with van der Waals surface area (Å²) in [6, 6.07) is 8.41. The molecule has 1 fully saturated rings. The Kier molecular flexibility index (Phi) is 6.92. The predicted octanol–water partition coefficient (Wildman–Crippen LogP) is 1.92. The summed E-state index contributed by atoms with van der Waals surface area (Å²) in [6.45, 7) is 2.00. The van der Waals surface area contributed by atoms with E-state index in [1.807, 2.05) is 12.1 Å². The second-order valence-corrected chi connectivity index (χ2v) is 11.9. The number of hydrogen-bond donors (Lipinski definition) is 1. The van der Waals surface area contributed by atoms with Gasteiger partial charge in [-0.1, -0.05) is 12.1 Å². The Hall–Kier alpha value is -2.17. The monoisotopic (exact) mass is 471 g/mol. The number of sulfone groups is 2. The van der Waals surface area contributed by atoms with Gasteiger partial charge in [0.1, 0.15) is 10.7 Å². The van der Waals surface area contributed by atoms with Crippen molar-refractivity contribution in [2.75, 3.05) is 32.3 Å². The minimum Gasteiger partial charge on any atom is -0.493 e. The molecule has 0 bridgehead atoms. The van der Waals surface area contributed by atoms with Gasteiger partial charge >= 0.3 is 0 Å². The SMILES string of the molecule is COc1ccc(CCN[C@H]2CS(=O)(=O)C[C@@H]2S(=O)(=O)c2cc(C)ccc2F)cc1OC. The fourth-order valence-corrected chi connectivity index (χ4v) is 8.61. The first kappa shape index (κ1) is 23.5. The maximum absolute atomic E-state index is 14.3. The van der Waals surface area contributed by atoms with Gasteiger partial charge in [0.05, 0.1) is 31.0 Å². The van der Waals surface area contributed by atoms with Crippen LogP contribution in [0.4, 0.5) is 4.39 Å². The average Bonchev–Trinajstić information content (AvgIpc) is 3.04. The van der Waals surface area contributed by atoms with Gasteiger partial charge in [0, 0.05) is 6.04 Å². The Bertz CT molecular complexity index is 1160. The Morgan fingerprint density at radius 1 is 1.06 bits per heavy atom. The molecule has 1 aliphatic heterocycles. The predicted molar refractivity (Wildman–Crippen MR) is 116 cm³/mol. The van der Waals surface area contributed by atoms with E-state index < -0.39 is 47.4 Å². The van der Waals surface area contributed by atoms with Crippen molar-refractivity contribution in [3.05, 3.63) is 53.3 Å². The zero-order valence-corrected chi connectivity index (χ0v) is 19.2. The van der Waals surface area contributed by atoms with E-state index >= 15 is 0 Å². The molecular formula is C21H26FNO6S2. The zero-order chi connectivity index (χ0) is 22.8. The van der Waals surface area contributed by atoms with Gasteiger partial charge in [-0.05, 0) is 55.3 Å². The molecule has 0 radical (unpaired) electrons. The number of aryl methyl sites for hydroxylation is 1. The van der Waals surface area contributed by atoms with E-state index in [2.05, 4.69) is 5.32 Å². The summed E-state index contributed by atoms with van der Waals surface area (Å²) in [7, 11) is -4.68. The Morgan fingerprint density at radius 3 is 2.45 bits per heavy atom. The van der Waals surface area contributed by atoms with Crippen molar-refractivity contribution in [1.82, 2.24) is 5.32 Å². The summed E-state index contributed by atoms with van der Waals surface area (Å²) in [5, 5.41) is 1.81. The number of halogens is 1. The second kappa shape index (κ2) is 9.13. The minimum absolute atomic E-state index is 0.309. The van der Waals surface area contributed by atoms with E-state index in [4.69, 9.17) is 9.47 Å². The van der Waals surface area contributed by atoms with E-state index in [0.29, 0.717) is 30.0 Å². The quantitative estimate of drug-likeness (QED) is 0.628. The normalized spacial score (nSPS) is 20.5. The van der Waals surface area contributed by atoms with Crippen LogP contribution in [0.15, 0.2) is 41.3 Å². The van der Waals surface area contributed by atoms with E-state index in [1.54, 1.807) is 13.0 Å². The highest BCUT2D eigenvalue weighted by molar-refractivity contribution is 7.96. The zero-order valence-electron chi connectivity index (χ0n) is 17.6. The number of hydrogen-bond acceptors (Lipinski definition) is 7. The fourth-order valence-electron chi connectivity index (χ4n) is 3.74. The molecule has 0 aliphatic carbocycles. The summed E-state index contributed by atoms with van der Waals surface area (Å²) in [5.74, 6) is -0.558. The second-order valence-electron chi connectivity index (χ2n) is 7.59. The van der Waals surface area contributed by atoms with Crippen LogP contribution in [0.3, 0.4) is 0 Å². The lowest BCUT2D eigenvalue weighted by atomic mass is 10.1. The van der Waals surface area contributed by atoms with Gasteiger partial charge in [-0.2, -0.15) is 0 Å². The van der Waals surface area contributed by atoms with E-state index in [1.165, 1.54) is 26.4 Å². The molecular weight excluding hydrogens is 445 g/mol. The summed E-state index contributed by atoms with van der Waals surface area (Å²) < 4.78 is 75.5. The molecule has 0 spiro atoms. The third-order valence-corrected chi connectivity index (χ3v) is 9.52. The molecule has 1 heterocycles. The average molecular weight is 472 g/mol. The molecule has 170 valence electrons.